The molecule has 0 amide bonds. The van der Waals surface area contributed by atoms with Gasteiger partial charge in [-0.3, -0.25) is 0 Å². The highest BCUT2D eigenvalue weighted by Crippen LogP contribution is 2.45. The van der Waals surface area contributed by atoms with Crippen LogP contribution in [0, 0.1) is 0 Å². The monoisotopic (exact) mass is 178 g/mol. The summed E-state index contributed by atoms with van der Waals surface area (Å²) < 4.78 is 5.15. The summed E-state index contributed by atoms with van der Waals surface area (Å²) in [6, 6.07) is 9.40. The van der Waals surface area contributed by atoms with Crippen molar-refractivity contribution in [3.8, 4) is 0 Å². The fourth-order valence-corrected chi connectivity index (χ4v) is 1.49. The molecule has 0 bridgehead atoms. The Morgan fingerprint density at radius 3 is 2.54 bits per heavy atom. The van der Waals surface area contributed by atoms with E-state index in [-0.39, 0.29) is 0 Å². The molecule has 1 aromatic rings. The molecule has 0 aromatic heterocycles. The van der Waals surface area contributed by atoms with Gasteiger partial charge in [0.05, 0.1) is 0 Å². The van der Waals surface area contributed by atoms with Crippen LogP contribution in [0.1, 0.15) is 12.5 Å². The van der Waals surface area contributed by atoms with Crippen molar-refractivity contribution in [2.24, 2.45) is 0 Å². The van der Waals surface area contributed by atoms with Crippen molar-refractivity contribution in [3.05, 3.63) is 35.9 Å². The predicted molar refractivity (Wildman–Crippen MR) is 46.3 cm³/mol. The number of aliphatic carboxylic acids is 1. The Morgan fingerprint density at radius 2 is 2.08 bits per heavy atom. The first kappa shape index (κ1) is 8.26. The molecule has 3 nitrogen and oxygen atoms in total. The zero-order valence-electron chi connectivity index (χ0n) is 7.23. The third-order valence-corrected chi connectivity index (χ3v) is 2.38. The Kier molecular flexibility index (Phi) is 1.63. The van der Waals surface area contributed by atoms with Crippen molar-refractivity contribution in [2.75, 3.05) is 0 Å². The van der Waals surface area contributed by atoms with Gasteiger partial charge in [0.15, 0.2) is 6.10 Å². The highest BCUT2D eigenvalue weighted by molar-refractivity contribution is 5.77. The van der Waals surface area contributed by atoms with E-state index in [1.54, 1.807) is 6.92 Å². The minimum absolute atomic E-state index is 0.618. The first-order valence-corrected chi connectivity index (χ1v) is 4.11. The summed E-state index contributed by atoms with van der Waals surface area (Å²) in [5.41, 5.74) is 0.301. The number of ether oxygens (including phenoxy) is 1. The van der Waals surface area contributed by atoms with Crippen molar-refractivity contribution >= 4 is 5.97 Å². The summed E-state index contributed by atoms with van der Waals surface area (Å²) in [4.78, 5) is 10.6. The van der Waals surface area contributed by atoms with E-state index in [9.17, 15) is 4.79 Å². The number of carbonyl (C=O) groups is 1. The van der Waals surface area contributed by atoms with E-state index in [0.29, 0.717) is 0 Å². The summed E-state index contributed by atoms with van der Waals surface area (Å²) in [5.74, 6) is -0.897. The van der Waals surface area contributed by atoms with Crippen LogP contribution >= 0.6 is 0 Å². The molecule has 0 saturated carbocycles. The lowest BCUT2D eigenvalue weighted by molar-refractivity contribution is -0.138. The summed E-state index contributed by atoms with van der Waals surface area (Å²) in [6.45, 7) is 1.79. The summed E-state index contributed by atoms with van der Waals surface area (Å²) in [5, 5.41) is 8.73. The maximum Gasteiger partial charge on any atom is 0.336 e. The van der Waals surface area contributed by atoms with Gasteiger partial charge in [0, 0.05) is 0 Å². The van der Waals surface area contributed by atoms with Crippen molar-refractivity contribution < 1.29 is 14.6 Å². The van der Waals surface area contributed by atoms with E-state index in [1.807, 2.05) is 30.3 Å². The molecule has 0 spiro atoms. The Morgan fingerprint density at radius 1 is 1.46 bits per heavy atom. The minimum atomic E-state index is -0.897. The molecule has 1 heterocycles. The average Bonchev–Trinajstić information content (AvgIpc) is 2.82. The molecule has 1 aliphatic rings. The molecular weight excluding hydrogens is 168 g/mol. The van der Waals surface area contributed by atoms with E-state index in [4.69, 9.17) is 9.84 Å². The van der Waals surface area contributed by atoms with Gasteiger partial charge in [-0.2, -0.15) is 0 Å². The van der Waals surface area contributed by atoms with Gasteiger partial charge in [-0.1, -0.05) is 30.3 Å². The van der Waals surface area contributed by atoms with Crippen molar-refractivity contribution in [1.82, 2.24) is 0 Å². The van der Waals surface area contributed by atoms with Crippen LogP contribution in [0.2, 0.25) is 0 Å². The Hall–Kier alpha value is -1.35. The minimum Gasteiger partial charge on any atom is -0.479 e. The van der Waals surface area contributed by atoms with Gasteiger partial charge >= 0.3 is 5.97 Å². The maximum absolute atomic E-state index is 10.6. The van der Waals surface area contributed by atoms with Gasteiger partial charge in [-0.25, -0.2) is 4.79 Å². The largest absolute Gasteiger partial charge is 0.479 e. The van der Waals surface area contributed by atoms with E-state index in [2.05, 4.69) is 0 Å². The van der Waals surface area contributed by atoms with Gasteiger partial charge in [0.25, 0.3) is 0 Å². The Balaban J connectivity index is 2.25. The van der Waals surface area contributed by atoms with Crippen LogP contribution in [0.15, 0.2) is 30.3 Å². The van der Waals surface area contributed by atoms with Crippen LogP contribution in [0.5, 0.6) is 0 Å². The second-order valence-corrected chi connectivity index (χ2v) is 3.31. The third kappa shape index (κ3) is 1.21. The van der Waals surface area contributed by atoms with E-state index in [1.165, 1.54) is 0 Å². The number of rotatable bonds is 2. The molecule has 1 saturated heterocycles. The van der Waals surface area contributed by atoms with Crippen LogP contribution in [0.3, 0.4) is 0 Å². The standard InChI is InChI=1S/C10H10O3/c1-10(8(13-10)9(11)12)7-5-3-2-4-6-7/h2-6,8H,1H3,(H,11,12)/t8-,10-/m0/s1. The smallest absolute Gasteiger partial charge is 0.336 e. The van der Waals surface area contributed by atoms with Crippen molar-refractivity contribution in [1.29, 1.82) is 0 Å². The molecule has 0 aliphatic carbocycles. The highest BCUT2D eigenvalue weighted by atomic mass is 16.6. The fraction of sp³-hybridized carbons (Fsp3) is 0.300. The molecule has 1 aliphatic heterocycles. The van der Waals surface area contributed by atoms with Crippen molar-refractivity contribution in [2.45, 2.75) is 18.6 Å². The van der Waals surface area contributed by atoms with Gasteiger partial charge in [-0.15, -0.1) is 0 Å². The van der Waals surface area contributed by atoms with E-state index in [0.717, 1.165) is 5.56 Å². The number of carboxylic acids is 1. The molecule has 13 heavy (non-hydrogen) atoms. The summed E-state index contributed by atoms with van der Waals surface area (Å²) >= 11 is 0. The number of hydrogen-bond donors (Lipinski definition) is 1. The molecule has 68 valence electrons. The SMILES string of the molecule is C[C@@]1(c2ccccc2)O[C@H]1C(=O)O. The maximum atomic E-state index is 10.6. The summed E-state index contributed by atoms with van der Waals surface area (Å²) in [7, 11) is 0. The molecule has 1 fully saturated rings. The molecule has 1 aromatic carbocycles. The van der Waals surface area contributed by atoms with Crippen LogP contribution in [-0.4, -0.2) is 17.2 Å². The highest BCUT2D eigenvalue weighted by Gasteiger charge is 2.58. The first-order chi connectivity index (χ1) is 6.14. The second-order valence-electron chi connectivity index (χ2n) is 3.31. The fourth-order valence-electron chi connectivity index (χ4n) is 1.49. The number of hydrogen-bond acceptors (Lipinski definition) is 2. The molecule has 2 atom stereocenters. The molecule has 1 N–H and O–H groups in total. The number of epoxide rings is 1. The quantitative estimate of drug-likeness (QED) is 0.696. The van der Waals surface area contributed by atoms with Crippen LogP contribution < -0.4 is 0 Å². The lowest BCUT2D eigenvalue weighted by Crippen LogP contribution is -2.15. The van der Waals surface area contributed by atoms with Gasteiger partial charge < -0.3 is 9.84 Å². The normalized spacial score (nSPS) is 31.3. The van der Waals surface area contributed by atoms with E-state index >= 15 is 0 Å². The number of carboxylic acid groups (broad SMARTS) is 1. The predicted octanol–water partition coefficient (Wildman–Crippen LogP) is 1.39. The average molecular weight is 178 g/mol. The zero-order chi connectivity index (χ0) is 9.47. The number of benzene rings is 1. The molecule has 0 radical (unpaired) electrons. The topological polar surface area (TPSA) is 49.8 Å². The lowest BCUT2D eigenvalue weighted by atomic mass is 9.98. The molecular formula is C10H10O3. The molecule has 0 unspecified atom stereocenters. The Bertz CT molecular complexity index is 333. The van der Waals surface area contributed by atoms with Gasteiger partial charge in [-0.05, 0) is 12.5 Å². The van der Waals surface area contributed by atoms with Crippen LogP contribution in [0.4, 0.5) is 0 Å². The second kappa shape index (κ2) is 2.57. The van der Waals surface area contributed by atoms with Crippen LogP contribution in [-0.2, 0) is 15.1 Å². The van der Waals surface area contributed by atoms with Crippen LogP contribution in [0.25, 0.3) is 0 Å². The lowest BCUT2D eigenvalue weighted by Gasteiger charge is -2.03. The van der Waals surface area contributed by atoms with Gasteiger partial charge in [0.2, 0.25) is 0 Å². The van der Waals surface area contributed by atoms with Crippen molar-refractivity contribution in [3.63, 3.8) is 0 Å². The zero-order valence-corrected chi connectivity index (χ0v) is 7.23. The van der Waals surface area contributed by atoms with E-state index < -0.39 is 17.7 Å². The first-order valence-electron chi connectivity index (χ1n) is 4.11. The third-order valence-electron chi connectivity index (χ3n) is 2.38. The molecule has 3 heteroatoms. The Labute approximate surface area is 76.0 Å². The molecule has 2 rings (SSSR count). The van der Waals surface area contributed by atoms with Gasteiger partial charge in [0.1, 0.15) is 5.60 Å². The summed E-state index contributed by atoms with van der Waals surface area (Å²) in [6.07, 6.45) is -0.685.